The summed E-state index contributed by atoms with van der Waals surface area (Å²) in [7, 11) is 1.92. The Morgan fingerprint density at radius 2 is 1.95 bits per heavy atom. The lowest BCUT2D eigenvalue weighted by Gasteiger charge is -2.19. The van der Waals surface area contributed by atoms with Gasteiger partial charge in [0.05, 0.1) is 18.4 Å². The first kappa shape index (κ1) is 15.7. The largest absolute Gasteiger partial charge is 0.373 e. The van der Waals surface area contributed by atoms with E-state index in [1.807, 2.05) is 32.7 Å². The molecular weight excluding hydrogens is 246 g/mol. The standard InChI is InChI=1S/C13H23N3O3/c1-5-15(4)11-8-12(17)16(14-9-11)10-13(18-6-2)19-7-3/h8-9,13H,5-7,10H2,1-4H3. The third kappa shape index (κ3) is 4.65. The zero-order chi connectivity index (χ0) is 14.3. The molecule has 0 saturated heterocycles. The summed E-state index contributed by atoms with van der Waals surface area (Å²) < 4.78 is 12.2. The number of nitrogens with zero attached hydrogens (tertiary/aromatic N) is 3. The highest BCUT2D eigenvalue weighted by molar-refractivity contribution is 5.41. The van der Waals surface area contributed by atoms with E-state index < -0.39 is 6.29 Å². The van der Waals surface area contributed by atoms with E-state index in [2.05, 4.69) is 5.10 Å². The molecule has 0 bridgehead atoms. The van der Waals surface area contributed by atoms with Gasteiger partial charge in [-0.05, 0) is 20.8 Å². The average Bonchev–Trinajstić information content (AvgIpc) is 2.40. The first-order valence-corrected chi connectivity index (χ1v) is 6.63. The van der Waals surface area contributed by atoms with Gasteiger partial charge >= 0.3 is 0 Å². The lowest BCUT2D eigenvalue weighted by molar-refractivity contribution is -0.145. The number of aromatic nitrogens is 2. The molecule has 0 aliphatic heterocycles. The quantitative estimate of drug-likeness (QED) is 0.661. The normalized spacial score (nSPS) is 11.0. The van der Waals surface area contributed by atoms with Gasteiger partial charge in [0.15, 0.2) is 6.29 Å². The highest BCUT2D eigenvalue weighted by atomic mass is 16.7. The third-order valence-corrected chi connectivity index (χ3v) is 2.80. The van der Waals surface area contributed by atoms with Gasteiger partial charge in [0.1, 0.15) is 0 Å². The van der Waals surface area contributed by atoms with Gasteiger partial charge in [0.25, 0.3) is 5.56 Å². The minimum Gasteiger partial charge on any atom is -0.373 e. The molecule has 0 atom stereocenters. The van der Waals surface area contributed by atoms with E-state index in [9.17, 15) is 4.79 Å². The smallest absolute Gasteiger partial charge is 0.268 e. The van der Waals surface area contributed by atoms with Gasteiger partial charge in [-0.15, -0.1) is 0 Å². The number of hydrogen-bond acceptors (Lipinski definition) is 5. The second-order valence-corrected chi connectivity index (χ2v) is 4.09. The maximum atomic E-state index is 12.0. The van der Waals surface area contributed by atoms with Crippen molar-refractivity contribution in [3.63, 3.8) is 0 Å². The third-order valence-electron chi connectivity index (χ3n) is 2.80. The average molecular weight is 269 g/mol. The van der Waals surface area contributed by atoms with Crippen LogP contribution in [-0.4, -0.2) is 42.9 Å². The monoisotopic (exact) mass is 269 g/mol. The molecule has 0 spiro atoms. The van der Waals surface area contributed by atoms with E-state index in [1.165, 1.54) is 4.68 Å². The molecule has 0 aromatic carbocycles. The first-order chi connectivity index (χ1) is 9.12. The molecule has 0 fully saturated rings. The van der Waals surface area contributed by atoms with Crippen molar-refractivity contribution in [2.24, 2.45) is 0 Å². The fourth-order valence-electron chi connectivity index (χ4n) is 1.62. The van der Waals surface area contributed by atoms with Crippen LogP contribution < -0.4 is 10.5 Å². The van der Waals surface area contributed by atoms with Crippen molar-refractivity contribution in [2.45, 2.75) is 33.6 Å². The molecule has 1 heterocycles. The van der Waals surface area contributed by atoms with Gasteiger partial charge in [-0.2, -0.15) is 5.10 Å². The predicted octanol–water partition coefficient (Wildman–Crippen LogP) is 1.10. The molecule has 1 aromatic rings. The lowest BCUT2D eigenvalue weighted by atomic mass is 10.4. The topological polar surface area (TPSA) is 56.6 Å². The Hall–Kier alpha value is -1.40. The fraction of sp³-hybridized carbons (Fsp3) is 0.692. The summed E-state index contributed by atoms with van der Waals surface area (Å²) >= 11 is 0. The summed E-state index contributed by atoms with van der Waals surface area (Å²) in [6.07, 6.45) is 1.25. The number of ether oxygens (including phenoxy) is 2. The first-order valence-electron chi connectivity index (χ1n) is 6.63. The summed E-state index contributed by atoms with van der Waals surface area (Å²) in [6.45, 7) is 8.00. The van der Waals surface area contributed by atoms with Gasteiger partial charge < -0.3 is 14.4 Å². The van der Waals surface area contributed by atoms with Crippen LogP contribution in [0, 0.1) is 0 Å². The second kappa shape index (κ2) is 7.91. The van der Waals surface area contributed by atoms with E-state index in [0.29, 0.717) is 19.8 Å². The molecule has 6 nitrogen and oxygen atoms in total. The molecule has 1 aromatic heterocycles. The Morgan fingerprint density at radius 1 is 1.32 bits per heavy atom. The van der Waals surface area contributed by atoms with Crippen LogP contribution in [0.4, 0.5) is 5.69 Å². The number of anilines is 1. The minimum atomic E-state index is -0.435. The molecule has 0 saturated carbocycles. The molecule has 0 amide bonds. The maximum absolute atomic E-state index is 12.0. The van der Waals surface area contributed by atoms with Crippen molar-refractivity contribution in [3.8, 4) is 0 Å². The minimum absolute atomic E-state index is 0.151. The van der Waals surface area contributed by atoms with Crippen LogP contribution in [0.3, 0.4) is 0 Å². The summed E-state index contributed by atoms with van der Waals surface area (Å²) in [5.74, 6) is 0. The van der Waals surface area contributed by atoms with Crippen LogP contribution in [-0.2, 0) is 16.0 Å². The number of hydrogen-bond donors (Lipinski definition) is 0. The summed E-state index contributed by atoms with van der Waals surface area (Å²) in [6, 6.07) is 1.57. The Kier molecular flexibility index (Phi) is 6.52. The van der Waals surface area contributed by atoms with E-state index in [4.69, 9.17) is 9.47 Å². The molecule has 0 aliphatic carbocycles. The Balaban J connectivity index is 2.81. The van der Waals surface area contributed by atoms with Gasteiger partial charge in [-0.3, -0.25) is 4.79 Å². The zero-order valence-corrected chi connectivity index (χ0v) is 12.1. The van der Waals surface area contributed by atoms with Gasteiger partial charge in [0, 0.05) is 32.9 Å². The van der Waals surface area contributed by atoms with Crippen LogP contribution in [0.1, 0.15) is 20.8 Å². The highest BCUT2D eigenvalue weighted by Gasteiger charge is 2.11. The zero-order valence-electron chi connectivity index (χ0n) is 12.1. The van der Waals surface area contributed by atoms with Gasteiger partial charge in [-0.1, -0.05) is 0 Å². The van der Waals surface area contributed by atoms with Crippen molar-refractivity contribution >= 4 is 5.69 Å². The predicted molar refractivity (Wildman–Crippen MR) is 74.5 cm³/mol. The van der Waals surface area contributed by atoms with Crippen molar-refractivity contribution in [3.05, 3.63) is 22.6 Å². The van der Waals surface area contributed by atoms with Crippen molar-refractivity contribution in [1.29, 1.82) is 0 Å². The SMILES string of the molecule is CCOC(Cn1ncc(N(C)CC)cc1=O)OCC. The summed E-state index contributed by atoms with van der Waals surface area (Å²) in [5.41, 5.74) is 0.662. The van der Waals surface area contributed by atoms with E-state index in [1.54, 1.807) is 12.3 Å². The summed E-state index contributed by atoms with van der Waals surface area (Å²) in [5, 5.41) is 4.15. The molecule has 0 aliphatic rings. The van der Waals surface area contributed by atoms with E-state index in [-0.39, 0.29) is 5.56 Å². The van der Waals surface area contributed by atoms with Crippen LogP contribution in [0.5, 0.6) is 0 Å². The van der Waals surface area contributed by atoms with Crippen LogP contribution >= 0.6 is 0 Å². The van der Waals surface area contributed by atoms with Crippen molar-refractivity contribution in [1.82, 2.24) is 9.78 Å². The molecule has 108 valence electrons. The second-order valence-electron chi connectivity index (χ2n) is 4.09. The van der Waals surface area contributed by atoms with Crippen LogP contribution in [0.2, 0.25) is 0 Å². The molecule has 19 heavy (non-hydrogen) atoms. The van der Waals surface area contributed by atoms with Crippen molar-refractivity contribution in [2.75, 3.05) is 31.7 Å². The molecular formula is C13H23N3O3. The van der Waals surface area contributed by atoms with Crippen LogP contribution in [0.15, 0.2) is 17.1 Å². The maximum Gasteiger partial charge on any atom is 0.268 e. The highest BCUT2D eigenvalue weighted by Crippen LogP contribution is 2.06. The van der Waals surface area contributed by atoms with Gasteiger partial charge in [-0.25, -0.2) is 4.68 Å². The molecule has 0 N–H and O–H groups in total. The van der Waals surface area contributed by atoms with E-state index >= 15 is 0 Å². The summed E-state index contributed by atoms with van der Waals surface area (Å²) in [4.78, 5) is 13.9. The van der Waals surface area contributed by atoms with Crippen molar-refractivity contribution < 1.29 is 9.47 Å². The molecule has 0 unspecified atom stereocenters. The number of rotatable bonds is 8. The lowest BCUT2D eigenvalue weighted by Crippen LogP contribution is -2.32. The van der Waals surface area contributed by atoms with E-state index in [0.717, 1.165) is 12.2 Å². The van der Waals surface area contributed by atoms with Crippen LogP contribution in [0.25, 0.3) is 0 Å². The Morgan fingerprint density at radius 3 is 2.42 bits per heavy atom. The molecule has 1 rings (SSSR count). The van der Waals surface area contributed by atoms with Gasteiger partial charge in [0.2, 0.25) is 0 Å². The Labute approximate surface area is 113 Å². The molecule has 0 radical (unpaired) electrons. The fourth-order valence-corrected chi connectivity index (χ4v) is 1.62. The molecule has 6 heteroatoms. The Bertz CT molecular complexity index is 427.